The highest BCUT2D eigenvalue weighted by Gasteiger charge is 2.46. The second-order valence-electron chi connectivity index (χ2n) is 5.13. The third-order valence-corrected chi connectivity index (χ3v) is 3.35. The highest BCUT2D eigenvalue weighted by atomic mass is 16.5. The van der Waals surface area contributed by atoms with E-state index in [9.17, 15) is 4.79 Å². The highest BCUT2D eigenvalue weighted by Crippen LogP contribution is 2.30. The molecule has 0 spiro atoms. The molecule has 0 bridgehead atoms. The summed E-state index contributed by atoms with van der Waals surface area (Å²) in [4.78, 5) is 14.4. The molecule has 1 heterocycles. The third kappa shape index (κ3) is 2.38. The molecule has 2 N–H and O–H groups in total. The van der Waals surface area contributed by atoms with Crippen LogP contribution in [0.25, 0.3) is 0 Å². The molecule has 94 valence electrons. The molecule has 0 aromatic carbocycles. The van der Waals surface area contributed by atoms with E-state index in [0.717, 1.165) is 13.0 Å². The summed E-state index contributed by atoms with van der Waals surface area (Å²) in [7, 11) is 0. The van der Waals surface area contributed by atoms with Crippen LogP contribution in [0.2, 0.25) is 0 Å². The molecule has 4 nitrogen and oxygen atoms in total. The molecular weight excluding hydrogens is 204 g/mol. The van der Waals surface area contributed by atoms with Crippen LogP contribution in [0.4, 0.5) is 0 Å². The lowest BCUT2D eigenvalue weighted by Gasteiger charge is -2.35. The van der Waals surface area contributed by atoms with Gasteiger partial charge in [0, 0.05) is 18.6 Å². The number of rotatable bonds is 4. The van der Waals surface area contributed by atoms with E-state index in [1.54, 1.807) is 0 Å². The summed E-state index contributed by atoms with van der Waals surface area (Å²) in [6.45, 7) is 9.80. The van der Waals surface area contributed by atoms with Crippen LogP contribution >= 0.6 is 0 Å². The Morgan fingerprint density at radius 3 is 2.62 bits per heavy atom. The lowest BCUT2D eigenvalue weighted by atomic mass is 9.84. The zero-order chi connectivity index (χ0) is 12.3. The first-order valence-corrected chi connectivity index (χ1v) is 6.08. The van der Waals surface area contributed by atoms with E-state index in [0.29, 0.717) is 13.2 Å². The molecule has 1 saturated heterocycles. The minimum Gasteiger partial charge on any atom is -0.379 e. The van der Waals surface area contributed by atoms with Gasteiger partial charge in [0.15, 0.2) is 0 Å². The number of carbonyl (C=O) groups is 1. The first-order chi connectivity index (χ1) is 7.43. The highest BCUT2D eigenvalue weighted by molar-refractivity contribution is 5.84. The fourth-order valence-corrected chi connectivity index (χ4v) is 2.07. The number of nitrogens with two attached hydrogens (primary N) is 1. The van der Waals surface area contributed by atoms with Crippen molar-refractivity contribution in [3.63, 3.8) is 0 Å². The maximum atomic E-state index is 12.5. The van der Waals surface area contributed by atoms with Crippen LogP contribution in [-0.4, -0.2) is 42.6 Å². The maximum Gasteiger partial charge on any atom is 0.232 e. The number of hydrogen-bond acceptors (Lipinski definition) is 3. The minimum atomic E-state index is -0.542. The number of carbonyl (C=O) groups excluding carboxylic acids is 1. The Morgan fingerprint density at radius 2 is 2.25 bits per heavy atom. The van der Waals surface area contributed by atoms with Gasteiger partial charge in [0.05, 0.1) is 18.6 Å². The van der Waals surface area contributed by atoms with Crippen LogP contribution in [0.3, 0.4) is 0 Å². The maximum absolute atomic E-state index is 12.5. The summed E-state index contributed by atoms with van der Waals surface area (Å²) in [5.74, 6) is 0.134. The SMILES string of the molecule is CCCN(C(=O)C1(C)COCC1N)C(C)C. The summed E-state index contributed by atoms with van der Waals surface area (Å²) in [6.07, 6.45) is 0.968. The van der Waals surface area contributed by atoms with E-state index < -0.39 is 5.41 Å². The number of nitrogens with zero attached hydrogens (tertiary/aromatic N) is 1. The molecule has 16 heavy (non-hydrogen) atoms. The van der Waals surface area contributed by atoms with E-state index in [-0.39, 0.29) is 18.0 Å². The van der Waals surface area contributed by atoms with Crippen molar-refractivity contribution < 1.29 is 9.53 Å². The Morgan fingerprint density at radius 1 is 1.62 bits per heavy atom. The van der Waals surface area contributed by atoms with E-state index in [4.69, 9.17) is 10.5 Å². The Labute approximate surface area is 98.1 Å². The van der Waals surface area contributed by atoms with Crippen molar-refractivity contribution >= 4 is 5.91 Å². The van der Waals surface area contributed by atoms with E-state index in [2.05, 4.69) is 6.92 Å². The van der Waals surface area contributed by atoms with Crippen LogP contribution in [0.1, 0.15) is 34.1 Å². The topological polar surface area (TPSA) is 55.6 Å². The van der Waals surface area contributed by atoms with Gasteiger partial charge in [0.25, 0.3) is 0 Å². The minimum absolute atomic E-state index is 0.134. The lowest BCUT2D eigenvalue weighted by molar-refractivity contribution is -0.143. The Kier molecular flexibility index (Phi) is 4.33. The van der Waals surface area contributed by atoms with Gasteiger partial charge in [-0.15, -0.1) is 0 Å². The van der Waals surface area contributed by atoms with E-state index >= 15 is 0 Å². The number of hydrogen-bond donors (Lipinski definition) is 1. The van der Waals surface area contributed by atoms with Crippen molar-refractivity contribution in [2.75, 3.05) is 19.8 Å². The standard InChI is InChI=1S/C12H24N2O2/c1-5-6-14(9(2)3)11(15)12(4)8-16-7-10(12)13/h9-10H,5-8,13H2,1-4H3. The molecule has 0 aliphatic carbocycles. The number of amides is 1. The van der Waals surface area contributed by atoms with Crippen LogP contribution in [0, 0.1) is 5.41 Å². The first-order valence-electron chi connectivity index (χ1n) is 6.08. The molecule has 0 aromatic rings. The van der Waals surface area contributed by atoms with Crippen molar-refractivity contribution in [2.24, 2.45) is 11.1 Å². The van der Waals surface area contributed by atoms with Crippen molar-refractivity contribution in [3.05, 3.63) is 0 Å². The Hall–Kier alpha value is -0.610. The van der Waals surface area contributed by atoms with Crippen molar-refractivity contribution in [1.29, 1.82) is 0 Å². The fourth-order valence-electron chi connectivity index (χ4n) is 2.07. The fraction of sp³-hybridized carbons (Fsp3) is 0.917. The largest absolute Gasteiger partial charge is 0.379 e. The number of ether oxygens (including phenoxy) is 1. The summed E-state index contributed by atoms with van der Waals surface area (Å²) >= 11 is 0. The van der Waals surface area contributed by atoms with E-state index in [1.165, 1.54) is 0 Å². The van der Waals surface area contributed by atoms with Crippen LogP contribution in [-0.2, 0) is 9.53 Å². The van der Waals surface area contributed by atoms with Crippen LogP contribution in [0.15, 0.2) is 0 Å². The van der Waals surface area contributed by atoms with Gasteiger partial charge in [-0.2, -0.15) is 0 Å². The van der Waals surface area contributed by atoms with Crippen molar-refractivity contribution in [1.82, 2.24) is 4.90 Å². The lowest BCUT2D eigenvalue weighted by Crippen LogP contribution is -2.53. The second-order valence-corrected chi connectivity index (χ2v) is 5.13. The zero-order valence-electron chi connectivity index (χ0n) is 10.8. The predicted molar refractivity (Wildman–Crippen MR) is 64.0 cm³/mol. The van der Waals surface area contributed by atoms with Crippen LogP contribution < -0.4 is 5.73 Å². The van der Waals surface area contributed by atoms with Gasteiger partial charge in [0.1, 0.15) is 0 Å². The molecule has 1 rings (SSSR count). The summed E-state index contributed by atoms with van der Waals surface area (Å²) in [5, 5.41) is 0. The Balaban J connectivity index is 2.81. The van der Waals surface area contributed by atoms with E-state index in [1.807, 2.05) is 25.7 Å². The second kappa shape index (κ2) is 5.15. The van der Waals surface area contributed by atoms with Gasteiger partial charge in [0.2, 0.25) is 5.91 Å². The summed E-state index contributed by atoms with van der Waals surface area (Å²) in [6, 6.07) is 0.0372. The zero-order valence-corrected chi connectivity index (χ0v) is 10.8. The molecule has 1 aliphatic heterocycles. The summed E-state index contributed by atoms with van der Waals surface area (Å²) in [5.41, 5.74) is 5.43. The van der Waals surface area contributed by atoms with Gasteiger partial charge in [-0.1, -0.05) is 6.92 Å². The van der Waals surface area contributed by atoms with Gasteiger partial charge < -0.3 is 15.4 Å². The van der Waals surface area contributed by atoms with Gasteiger partial charge in [-0.05, 0) is 27.2 Å². The molecule has 1 aliphatic rings. The quantitative estimate of drug-likeness (QED) is 0.781. The molecular formula is C12H24N2O2. The van der Waals surface area contributed by atoms with Crippen molar-refractivity contribution in [3.8, 4) is 0 Å². The smallest absolute Gasteiger partial charge is 0.232 e. The molecule has 1 fully saturated rings. The molecule has 1 amide bonds. The first kappa shape index (κ1) is 13.5. The molecule has 2 atom stereocenters. The Bertz CT molecular complexity index is 255. The van der Waals surface area contributed by atoms with Gasteiger partial charge in [-0.25, -0.2) is 0 Å². The average Bonchev–Trinajstić information content (AvgIpc) is 2.56. The van der Waals surface area contributed by atoms with Gasteiger partial charge in [-0.3, -0.25) is 4.79 Å². The normalized spacial score (nSPS) is 29.8. The summed E-state index contributed by atoms with van der Waals surface area (Å²) < 4.78 is 5.33. The third-order valence-electron chi connectivity index (χ3n) is 3.35. The molecule has 0 radical (unpaired) electrons. The average molecular weight is 228 g/mol. The van der Waals surface area contributed by atoms with Gasteiger partial charge >= 0.3 is 0 Å². The van der Waals surface area contributed by atoms with Crippen LogP contribution in [0.5, 0.6) is 0 Å². The molecule has 4 heteroatoms. The predicted octanol–water partition coefficient (Wildman–Crippen LogP) is 0.997. The molecule has 2 unspecified atom stereocenters. The molecule has 0 saturated carbocycles. The monoisotopic (exact) mass is 228 g/mol. The molecule has 0 aromatic heterocycles. The van der Waals surface area contributed by atoms with Crippen molar-refractivity contribution in [2.45, 2.75) is 46.2 Å².